The van der Waals surface area contributed by atoms with Crippen molar-refractivity contribution in [2.24, 2.45) is 0 Å². The van der Waals surface area contributed by atoms with Crippen LogP contribution in [-0.2, 0) is 14.4 Å². The van der Waals surface area contributed by atoms with Crippen LogP contribution < -0.4 is 5.32 Å². The Balaban J connectivity index is 3.08. The summed E-state index contributed by atoms with van der Waals surface area (Å²) in [5, 5.41) is 1.76. The molecule has 0 aromatic rings. The SMILES string of the molecule is CC=C(C)N1C(=O)NC(=O)C(=O)C1=O. The maximum Gasteiger partial charge on any atom is 0.335 e. The zero-order valence-electron chi connectivity index (χ0n) is 7.66. The van der Waals surface area contributed by atoms with Gasteiger partial charge in [0.05, 0.1) is 0 Å². The minimum atomic E-state index is -1.23. The lowest BCUT2D eigenvalue weighted by atomic mass is 10.2. The molecule has 6 heteroatoms. The van der Waals surface area contributed by atoms with Crippen molar-refractivity contribution in [3.05, 3.63) is 11.8 Å². The van der Waals surface area contributed by atoms with Crippen molar-refractivity contribution in [2.45, 2.75) is 13.8 Å². The Bertz CT molecular complexity index is 370. The Hall–Kier alpha value is -1.98. The van der Waals surface area contributed by atoms with Gasteiger partial charge >= 0.3 is 23.6 Å². The molecule has 0 atom stereocenters. The second-order valence-electron chi connectivity index (χ2n) is 2.66. The van der Waals surface area contributed by atoms with E-state index in [1.54, 1.807) is 12.2 Å². The van der Waals surface area contributed by atoms with Gasteiger partial charge in [-0.3, -0.25) is 19.7 Å². The zero-order chi connectivity index (χ0) is 10.9. The van der Waals surface area contributed by atoms with Crippen LogP contribution in [0.4, 0.5) is 4.79 Å². The first-order chi connectivity index (χ1) is 6.49. The molecule has 0 unspecified atom stereocenters. The summed E-state index contributed by atoms with van der Waals surface area (Å²) in [5.74, 6) is -3.53. The average molecular weight is 196 g/mol. The van der Waals surface area contributed by atoms with E-state index >= 15 is 0 Å². The molecule has 0 radical (unpaired) electrons. The van der Waals surface area contributed by atoms with E-state index in [1.165, 1.54) is 13.0 Å². The number of nitrogens with zero attached hydrogens (tertiary/aromatic N) is 1. The van der Waals surface area contributed by atoms with Crippen LogP contribution in [0.25, 0.3) is 0 Å². The molecule has 1 saturated heterocycles. The van der Waals surface area contributed by atoms with Gasteiger partial charge in [0, 0.05) is 5.70 Å². The molecule has 1 fully saturated rings. The van der Waals surface area contributed by atoms with E-state index in [4.69, 9.17) is 0 Å². The molecular formula is C8H8N2O4. The van der Waals surface area contributed by atoms with Gasteiger partial charge in [-0.25, -0.2) is 9.69 Å². The molecule has 0 aromatic carbocycles. The van der Waals surface area contributed by atoms with Crippen molar-refractivity contribution in [3.8, 4) is 0 Å². The molecule has 0 aromatic heterocycles. The predicted octanol–water partition coefficient (Wildman–Crippen LogP) is -0.442. The van der Waals surface area contributed by atoms with Crippen LogP contribution in [0.2, 0.25) is 0 Å². The number of imide groups is 2. The van der Waals surface area contributed by atoms with E-state index in [0.717, 1.165) is 0 Å². The van der Waals surface area contributed by atoms with Gasteiger partial charge < -0.3 is 0 Å². The lowest BCUT2D eigenvalue weighted by Crippen LogP contribution is -2.57. The van der Waals surface area contributed by atoms with E-state index in [2.05, 4.69) is 0 Å². The van der Waals surface area contributed by atoms with Crippen LogP contribution in [0.15, 0.2) is 11.8 Å². The summed E-state index contributed by atoms with van der Waals surface area (Å²) in [6, 6.07) is -0.893. The van der Waals surface area contributed by atoms with Crippen LogP contribution in [0.3, 0.4) is 0 Å². The molecule has 14 heavy (non-hydrogen) atoms. The largest absolute Gasteiger partial charge is 0.335 e. The number of carbonyl (C=O) groups is 4. The number of hydrogen-bond acceptors (Lipinski definition) is 4. The molecule has 74 valence electrons. The van der Waals surface area contributed by atoms with Crippen LogP contribution in [0.1, 0.15) is 13.8 Å². The van der Waals surface area contributed by atoms with E-state index in [9.17, 15) is 19.2 Å². The highest BCUT2D eigenvalue weighted by atomic mass is 16.2. The Labute approximate surface area is 79.6 Å². The number of ketones is 1. The molecular weight excluding hydrogens is 188 g/mol. The highest BCUT2D eigenvalue weighted by Gasteiger charge is 2.39. The number of allylic oxidation sites excluding steroid dienone is 2. The van der Waals surface area contributed by atoms with Crippen LogP contribution in [0.5, 0.6) is 0 Å². The average Bonchev–Trinajstić information content (AvgIpc) is 2.14. The summed E-state index contributed by atoms with van der Waals surface area (Å²) < 4.78 is 0. The van der Waals surface area contributed by atoms with E-state index in [1.807, 2.05) is 0 Å². The van der Waals surface area contributed by atoms with Crippen LogP contribution in [0, 0.1) is 0 Å². The summed E-state index contributed by atoms with van der Waals surface area (Å²) in [6.45, 7) is 3.09. The molecule has 1 N–H and O–H groups in total. The number of Topliss-reactive ketones (excluding diaryl/α,β-unsaturated/α-hetero) is 1. The lowest BCUT2D eigenvalue weighted by molar-refractivity contribution is -0.149. The van der Waals surface area contributed by atoms with Crippen molar-refractivity contribution in [1.29, 1.82) is 0 Å². The lowest BCUT2D eigenvalue weighted by Gasteiger charge is -2.23. The van der Waals surface area contributed by atoms with Gasteiger partial charge in [0.1, 0.15) is 0 Å². The Kier molecular flexibility index (Phi) is 2.46. The third-order valence-electron chi connectivity index (χ3n) is 1.80. The molecule has 1 heterocycles. The van der Waals surface area contributed by atoms with E-state index < -0.39 is 23.6 Å². The second kappa shape index (κ2) is 3.41. The summed E-state index contributed by atoms with van der Waals surface area (Å²) >= 11 is 0. The number of urea groups is 1. The molecule has 1 rings (SSSR count). The van der Waals surface area contributed by atoms with Crippen molar-refractivity contribution in [2.75, 3.05) is 0 Å². The molecule has 0 aliphatic carbocycles. The van der Waals surface area contributed by atoms with Crippen molar-refractivity contribution < 1.29 is 19.2 Å². The molecule has 0 saturated carbocycles. The molecule has 4 amide bonds. The highest BCUT2D eigenvalue weighted by Crippen LogP contribution is 2.08. The second-order valence-corrected chi connectivity index (χ2v) is 2.66. The minimum absolute atomic E-state index is 0.299. The number of amides is 4. The van der Waals surface area contributed by atoms with Gasteiger partial charge in [-0.05, 0) is 13.8 Å². The van der Waals surface area contributed by atoms with Crippen molar-refractivity contribution >= 4 is 23.6 Å². The number of nitrogens with one attached hydrogen (secondary N) is 1. The number of barbiturate groups is 1. The molecule has 0 bridgehead atoms. The number of rotatable bonds is 1. The van der Waals surface area contributed by atoms with E-state index in [-0.39, 0.29) is 0 Å². The first-order valence-corrected chi connectivity index (χ1v) is 3.85. The zero-order valence-corrected chi connectivity index (χ0v) is 7.66. The van der Waals surface area contributed by atoms with Gasteiger partial charge in [0.15, 0.2) is 0 Å². The minimum Gasteiger partial charge on any atom is -0.277 e. The topological polar surface area (TPSA) is 83.6 Å². The van der Waals surface area contributed by atoms with Gasteiger partial charge in [-0.1, -0.05) is 6.08 Å². The Morgan fingerprint density at radius 1 is 1.29 bits per heavy atom. The van der Waals surface area contributed by atoms with Gasteiger partial charge in [0.2, 0.25) is 0 Å². The quantitative estimate of drug-likeness (QED) is 0.576. The summed E-state index contributed by atoms with van der Waals surface area (Å²) in [4.78, 5) is 44.6. The van der Waals surface area contributed by atoms with Crippen molar-refractivity contribution in [1.82, 2.24) is 10.2 Å². The van der Waals surface area contributed by atoms with Gasteiger partial charge in [-0.2, -0.15) is 0 Å². The third-order valence-corrected chi connectivity index (χ3v) is 1.80. The maximum absolute atomic E-state index is 11.2. The van der Waals surface area contributed by atoms with Gasteiger partial charge in [-0.15, -0.1) is 0 Å². The van der Waals surface area contributed by atoms with Crippen LogP contribution in [-0.4, -0.2) is 28.5 Å². The number of carbonyl (C=O) groups excluding carboxylic acids is 4. The first-order valence-electron chi connectivity index (χ1n) is 3.85. The molecule has 0 spiro atoms. The Morgan fingerprint density at radius 2 is 1.86 bits per heavy atom. The summed E-state index contributed by atoms with van der Waals surface area (Å²) in [6.07, 6.45) is 1.49. The number of hydrogen-bond donors (Lipinski definition) is 1. The fourth-order valence-corrected chi connectivity index (χ4v) is 0.950. The molecule has 1 aliphatic rings. The summed E-state index contributed by atoms with van der Waals surface area (Å²) in [7, 11) is 0. The first kappa shape index (κ1) is 10.1. The fourth-order valence-electron chi connectivity index (χ4n) is 0.950. The van der Waals surface area contributed by atoms with Crippen molar-refractivity contribution in [3.63, 3.8) is 0 Å². The monoisotopic (exact) mass is 196 g/mol. The van der Waals surface area contributed by atoms with E-state index in [0.29, 0.717) is 10.6 Å². The third kappa shape index (κ3) is 1.41. The normalized spacial score (nSPS) is 18.7. The Morgan fingerprint density at radius 3 is 2.36 bits per heavy atom. The standard InChI is InChI=1S/C8H8N2O4/c1-3-4(2)10-7(13)5(11)6(12)9-8(10)14/h3H,1-2H3,(H,9,12,14). The fraction of sp³-hybridized carbons (Fsp3) is 0.250. The predicted molar refractivity (Wildman–Crippen MR) is 44.8 cm³/mol. The van der Waals surface area contributed by atoms with Gasteiger partial charge in [0.25, 0.3) is 0 Å². The smallest absolute Gasteiger partial charge is 0.277 e. The van der Waals surface area contributed by atoms with Crippen LogP contribution >= 0.6 is 0 Å². The summed E-state index contributed by atoms with van der Waals surface area (Å²) in [5.41, 5.74) is 0.299. The highest BCUT2D eigenvalue weighted by molar-refractivity contribution is 6.66. The maximum atomic E-state index is 11.2. The molecule has 6 nitrogen and oxygen atoms in total. The molecule has 1 aliphatic heterocycles.